The number of aromatic nitrogens is 2. The number of ether oxygens (including phenoxy) is 1. The summed E-state index contributed by atoms with van der Waals surface area (Å²) in [6.07, 6.45) is 1.57. The molecule has 16 heavy (non-hydrogen) atoms. The summed E-state index contributed by atoms with van der Waals surface area (Å²) in [5, 5.41) is 0. The summed E-state index contributed by atoms with van der Waals surface area (Å²) in [6.45, 7) is 1.97. The molecular formula is C11H10BrN3O. The van der Waals surface area contributed by atoms with E-state index in [2.05, 4.69) is 25.9 Å². The van der Waals surface area contributed by atoms with E-state index in [9.17, 15) is 0 Å². The molecule has 0 fully saturated rings. The van der Waals surface area contributed by atoms with E-state index < -0.39 is 0 Å². The molecule has 2 N–H and O–H groups in total. The number of benzene rings is 1. The molecule has 82 valence electrons. The lowest BCUT2D eigenvalue weighted by molar-refractivity contribution is 0.456. The van der Waals surface area contributed by atoms with Crippen molar-refractivity contribution in [3.63, 3.8) is 0 Å². The van der Waals surface area contributed by atoms with E-state index in [1.807, 2.05) is 31.2 Å². The maximum absolute atomic E-state index is 5.64. The van der Waals surface area contributed by atoms with Crippen LogP contribution in [0, 0.1) is 6.92 Å². The Morgan fingerprint density at radius 3 is 2.81 bits per heavy atom. The van der Waals surface area contributed by atoms with Crippen LogP contribution in [-0.2, 0) is 0 Å². The van der Waals surface area contributed by atoms with Crippen LogP contribution in [-0.4, -0.2) is 9.97 Å². The molecule has 0 atom stereocenters. The van der Waals surface area contributed by atoms with Crippen molar-refractivity contribution in [2.45, 2.75) is 6.92 Å². The number of hydrogen-bond acceptors (Lipinski definition) is 4. The predicted molar refractivity (Wildman–Crippen MR) is 65.4 cm³/mol. The molecule has 0 bridgehead atoms. The Hall–Kier alpha value is -1.62. The van der Waals surface area contributed by atoms with Crippen LogP contribution in [0.15, 0.2) is 34.9 Å². The second-order valence-corrected chi connectivity index (χ2v) is 4.10. The molecule has 0 aliphatic rings. The molecule has 0 saturated carbocycles. The monoisotopic (exact) mass is 279 g/mol. The molecule has 2 aromatic rings. The highest BCUT2D eigenvalue weighted by molar-refractivity contribution is 9.10. The van der Waals surface area contributed by atoms with E-state index in [-0.39, 0.29) is 5.95 Å². The first kappa shape index (κ1) is 10.9. The van der Waals surface area contributed by atoms with E-state index >= 15 is 0 Å². The molecule has 0 saturated heterocycles. The SMILES string of the molecule is Cc1ccccc1Oc1nc(N)ncc1Br. The third-order valence-corrected chi connectivity index (χ3v) is 2.57. The highest BCUT2D eigenvalue weighted by Gasteiger charge is 2.07. The van der Waals surface area contributed by atoms with Crippen molar-refractivity contribution < 1.29 is 4.74 Å². The van der Waals surface area contributed by atoms with Gasteiger partial charge in [0.15, 0.2) is 0 Å². The minimum atomic E-state index is 0.187. The zero-order chi connectivity index (χ0) is 11.5. The number of aryl methyl sites for hydroxylation is 1. The molecule has 2 rings (SSSR count). The molecule has 0 amide bonds. The van der Waals surface area contributed by atoms with Gasteiger partial charge in [-0.3, -0.25) is 0 Å². The van der Waals surface area contributed by atoms with Crippen LogP contribution in [0.1, 0.15) is 5.56 Å². The van der Waals surface area contributed by atoms with Crippen LogP contribution in [0.2, 0.25) is 0 Å². The van der Waals surface area contributed by atoms with Gasteiger partial charge in [-0.15, -0.1) is 0 Å². The Morgan fingerprint density at radius 1 is 1.31 bits per heavy atom. The first-order chi connectivity index (χ1) is 7.66. The van der Waals surface area contributed by atoms with E-state index in [0.29, 0.717) is 10.4 Å². The third kappa shape index (κ3) is 2.30. The Morgan fingerprint density at radius 2 is 2.06 bits per heavy atom. The maximum atomic E-state index is 5.64. The van der Waals surface area contributed by atoms with Gasteiger partial charge in [-0.25, -0.2) is 4.98 Å². The summed E-state index contributed by atoms with van der Waals surface area (Å²) in [7, 11) is 0. The van der Waals surface area contributed by atoms with Gasteiger partial charge in [0.2, 0.25) is 11.8 Å². The Balaban J connectivity index is 2.34. The quantitative estimate of drug-likeness (QED) is 0.918. The van der Waals surface area contributed by atoms with Gasteiger partial charge in [0.1, 0.15) is 5.75 Å². The van der Waals surface area contributed by atoms with Crippen molar-refractivity contribution in [2.75, 3.05) is 5.73 Å². The topological polar surface area (TPSA) is 61.0 Å². The molecule has 1 aromatic heterocycles. The predicted octanol–water partition coefficient (Wildman–Crippen LogP) is 2.92. The first-order valence-corrected chi connectivity index (χ1v) is 5.47. The van der Waals surface area contributed by atoms with Crippen LogP contribution in [0.25, 0.3) is 0 Å². The maximum Gasteiger partial charge on any atom is 0.238 e. The van der Waals surface area contributed by atoms with Crippen LogP contribution < -0.4 is 10.5 Å². The molecule has 0 aliphatic carbocycles. The molecular weight excluding hydrogens is 270 g/mol. The second-order valence-electron chi connectivity index (χ2n) is 3.25. The third-order valence-electron chi connectivity index (χ3n) is 2.03. The van der Waals surface area contributed by atoms with Gasteiger partial charge in [-0.2, -0.15) is 4.98 Å². The van der Waals surface area contributed by atoms with Crippen molar-refractivity contribution in [1.29, 1.82) is 0 Å². The summed E-state index contributed by atoms with van der Waals surface area (Å²) in [4.78, 5) is 7.85. The number of rotatable bonds is 2. The number of nitrogens with two attached hydrogens (primary N) is 1. The van der Waals surface area contributed by atoms with Gasteiger partial charge < -0.3 is 10.5 Å². The molecule has 5 heteroatoms. The van der Waals surface area contributed by atoms with E-state index in [1.165, 1.54) is 0 Å². The Kier molecular flexibility index (Phi) is 3.05. The summed E-state index contributed by atoms with van der Waals surface area (Å²) < 4.78 is 6.31. The molecule has 1 heterocycles. The summed E-state index contributed by atoms with van der Waals surface area (Å²) in [6, 6.07) is 7.69. The normalized spacial score (nSPS) is 10.1. The highest BCUT2D eigenvalue weighted by Crippen LogP contribution is 2.28. The molecule has 4 nitrogen and oxygen atoms in total. The zero-order valence-electron chi connectivity index (χ0n) is 8.64. The molecule has 0 unspecified atom stereocenters. The summed E-state index contributed by atoms with van der Waals surface area (Å²) >= 11 is 3.31. The largest absolute Gasteiger partial charge is 0.437 e. The number of nitrogen functional groups attached to an aromatic ring is 1. The minimum Gasteiger partial charge on any atom is -0.437 e. The standard InChI is InChI=1S/C11H10BrN3O/c1-7-4-2-3-5-9(7)16-10-8(12)6-14-11(13)15-10/h2-6H,1H3,(H2,13,14,15). The van der Waals surface area contributed by atoms with Crippen molar-refractivity contribution in [1.82, 2.24) is 9.97 Å². The first-order valence-electron chi connectivity index (χ1n) is 4.68. The molecule has 0 radical (unpaired) electrons. The fourth-order valence-electron chi connectivity index (χ4n) is 1.21. The minimum absolute atomic E-state index is 0.187. The molecule has 0 aliphatic heterocycles. The second kappa shape index (κ2) is 4.49. The van der Waals surface area contributed by atoms with Gasteiger partial charge in [0.05, 0.1) is 10.7 Å². The average Bonchev–Trinajstić information content (AvgIpc) is 2.27. The molecule has 0 spiro atoms. The smallest absolute Gasteiger partial charge is 0.238 e. The Bertz CT molecular complexity index is 516. The lowest BCUT2D eigenvalue weighted by atomic mass is 10.2. The van der Waals surface area contributed by atoms with E-state index in [0.717, 1.165) is 11.3 Å². The average molecular weight is 280 g/mol. The fraction of sp³-hybridized carbons (Fsp3) is 0.0909. The Labute approximate surface area is 102 Å². The summed E-state index contributed by atoms with van der Waals surface area (Å²) in [5.74, 6) is 1.36. The van der Waals surface area contributed by atoms with E-state index in [4.69, 9.17) is 10.5 Å². The van der Waals surface area contributed by atoms with Gasteiger partial charge in [0.25, 0.3) is 0 Å². The van der Waals surface area contributed by atoms with Crippen LogP contribution in [0.3, 0.4) is 0 Å². The lowest BCUT2D eigenvalue weighted by Crippen LogP contribution is -1.98. The fourth-order valence-corrected chi connectivity index (χ4v) is 1.48. The number of para-hydroxylation sites is 1. The van der Waals surface area contributed by atoms with Crippen LogP contribution in [0.4, 0.5) is 5.95 Å². The van der Waals surface area contributed by atoms with Crippen molar-refractivity contribution in [3.05, 3.63) is 40.5 Å². The van der Waals surface area contributed by atoms with Gasteiger partial charge in [-0.05, 0) is 34.5 Å². The van der Waals surface area contributed by atoms with Crippen molar-refractivity contribution in [3.8, 4) is 11.6 Å². The van der Waals surface area contributed by atoms with E-state index in [1.54, 1.807) is 6.20 Å². The van der Waals surface area contributed by atoms with Crippen molar-refractivity contribution >= 4 is 21.9 Å². The number of halogens is 1. The summed E-state index contributed by atoms with van der Waals surface area (Å²) in [5.41, 5.74) is 6.53. The van der Waals surface area contributed by atoms with Gasteiger partial charge in [-0.1, -0.05) is 18.2 Å². The van der Waals surface area contributed by atoms with Crippen LogP contribution in [0.5, 0.6) is 11.6 Å². The van der Waals surface area contributed by atoms with Gasteiger partial charge in [0, 0.05) is 0 Å². The highest BCUT2D eigenvalue weighted by atomic mass is 79.9. The van der Waals surface area contributed by atoms with Gasteiger partial charge >= 0.3 is 0 Å². The number of hydrogen-bond donors (Lipinski definition) is 1. The number of nitrogens with zero attached hydrogens (tertiary/aromatic N) is 2. The lowest BCUT2D eigenvalue weighted by Gasteiger charge is -2.08. The molecule has 1 aromatic carbocycles. The number of anilines is 1. The zero-order valence-corrected chi connectivity index (χ0v) is 10.2. The van der Waals surface area contributed by atoms with Crippen molar-refractivity contribution in [2.24, 2.45) is 0 Å². The van der Waals surface area contributed by atoms with Crippen LogP contribution >= 0.6 is 15.9 Å².